The molecule has 0 radical (unpaired) electrons. The van der Waals surface area contributed by atoms with Crippen LogP contribution in [0, 0.1) is 13.8 Å². The van der Waals surface area contributed by atoms with Crippen LogP contribution in [0.3, 0.4) is 0 Å². The quantitative estimate of drug-likeness (QED) is 0.778. The molecule has 0 aliphatic carbocycles. The molecule has 0 fully saturated rings. The predicted molar refractivity (Wildman–Crippen MR) is 91.6 cm³/mol. The van der Waals surface area contributed by atoms with Crippen molar-refractivity contribution < 1.29 is 9.32 Å². The van der Waals surface area contributed by atoms with Gasteiger partial charge < -0.3 is 9.84 Å². The summed E-state index contributed by atoms with van der Waals surface area (Å²) in [5, 5.41) is 7.76. The Kier molecular flexibility index (Phi) is 6.21. The van der Waals surface area contributed by atoms with Gasteiger partial charge in [0.25, 0.3) is 5.91 Å². The summed E-state index contributed by atoms with van der Waals surface area (Å²) in [4.78, 5) is 16.9. The van der Waals surface area contributed by atoms with Gasteiger partial charge in [0, 0.05) is 23.6 Å². The number of carbonyl (C=O) groups excluding carboxylic acids is 1. The molecular formula is C17H23N3O2S. The minimum atomic E-state index is -0.0620. The highest BCUT2D eigenvalue weighted by atomic mass is 32.2. The van der Waals surface area contributed by atoms with E-state index in [4.69, 9.17) is 4.52 Å². The second-order valence-corrected chi connectivity index (χ2v) is 6.40. The molecule has 2 aromatic heterocycles. The summed E-state index contributed by atoms with van der Waals surface area (Å²) in [6.07, 6.45) is 3.55. The molecule has 2 aromatic rings. The largest absolute Gasteiger partial charge is 0.361 e. The fourth-order valence-corrected chi connectivity index (χ4v) is 3.43. The van der Waals surface area contributed by atoms with Crippen molar-refractivity contribution in [3.05, 3.63) is 40.9 Å². The molecule has 0 atom stereocenters. The van der Waals surface area contributed by atoms with Crippen LogP contribution < -0.4 is 5.32 Å². The van der Waals surface area contributed by atoms with Gasteiger partial charge in [0.05, 0.1) is 11.3 Å². The molecule has 0 aromatic carbocycles. The first-order valence-electron chi connectivity index (χ1n) is 7.87. The second kappa shape index (κ2) is 8.15. The number of aryl methyl sites for hydroxylation is 2. The maximum absolute atomic E-state index is 12.5. The minimum Gasteiger partial charge on any atom is -0.361 e. The van der Waals surface area contributed by atoms with Gasteiger partial charge >= 0.3 is 0 Å². The lowest BCUT2D eigenvalue weighted by Gasteiger charge is -2.15. The number of nitrogens with zero attached hydrogens (tertiary/aromatic N) is 2. The Bertz CT molecular complexity index is 646. The SMILES string of the molecule is CCC(CC)NC(=O)c1cccnc1SCc1c(C)noc1C. The number of nitrogens with one attached hydrogen (secondary N) is 1. The average molecular weight is 333 g/mol. The third kappa shape index (κ3) is 4.34. The topological polar surface area (TPSA) is 68.0 Å². The number of hydrogen-bond donors (Lipinski definition) is 1. The monoisotopic (exact) mass is 333 g/mol. The van der Waals surface area contributed by atoms with Crippen LogP contribution in [0.1, 0.15) is 54.1 Å². The normalized spacial score (nSPS) is 11.0. The molecule has 124 valence electrons. The molecule has 0 bridgehead atoms. The first-order chi connectivity index (χ1) is 11.1. The van der Waals surface area contributed by atoms with E-state index >= 15 is 0 Å². The molecule has 1 amide bonds. The van der Waals surface area contributed by atoms with E-state index in [0.29, 0.717) is 11.3 Å². The zero-order valence-electron chi connectivity index (χ0n) is 14.0. The van der Waals surface area contributed by atoms with Gasteiger partial charge in [-0.15, -0.1) is 11.8 Å². The van der Waals surface area contributed by atoms with Crippen LogP contribution in [0.15, 0.2) is 27.9 Å². The molecule has 0 saturated heterocycles. The Morgan fingerprint density at radius 2 is 2.09 bits per heavy atom. The Morgan fingerprint density at radius 1 is 1.35 bits per heavy atom. The van der Waals surface area contributed by atoms with Crippen LogP contribution in [-0.4, -0.2) is 22.1 Å². The Morgan fingerprint density at radius 3 is 2.70 bits per heavy atom. The van der Waals surface area contributed by atoms with Gasteiger partial charge in [-0.25, -0.2) is 4.98 Å². The molecule has 2 rings (SSSR count). The summed E-state index contributed by atoms with van der Waals surface area (Å²) in [5.74, 6) is 1.44. The summed E-state index contributed by atoms with van der Waals surface area (Å²) >= 11 is 1.53. The molecular weight excluding hydrogens is 310 g/mol. The number of thioether (sulfide) groups is 1. The fraction of sp³-hybridized carbons (Fsp3) is 0.471. The average Bonchev–Trinajstić information content (AvgIpc) is 2.89. The third-order valence-corrected chi connectivity index (χ3v) is 4.90. The highest BCUT2D eigenvalue weighted by Gasteiger charge is 2.17. The van der Waals surface area contributed by atoms with E-state index in [1.165, 1.54) is 11.8 Å². The van der Waals surface area contributed by atoms with Gasteiger partial charge in [-0.2, -0.15) is 0 Å². The zero-order chi connectivity index (χ0) is 16.8. The van der Waals surface area contributed by atoms with Gasteiger partial charge in [0.2, 0.25) is 0 Å². The van der Waals surface area contributed by atoms with Crippen LogP contribution in [0.2, 0.25) is 0 Å². The van der Waals surface area contributed by atoms with E-state index < -0.39 is 0 Å². The smallest absolute Gasteiger partial charge is 0.254 e. The standard InChI is InChI=1S/C17H23N3O2S/c1-5-13(6-2)19-16(21)14-8-7-9-18-17(14)23-10-15-11(3)20-22-12(15)4/h7-9,13H,5-6,10H2,1-4H3,(H,19,21). The van der Waals surface area contributed by atoms with Crippen LogP contribution in [0.25, 0.3) is 0 Å². The Balaban J connectivity index is 2.13. The van der Waals surface area contributed by atoms with E-state index in [1.54, 1.807) is 12.3 Å². The Hall–Kier alpha value is -1.82. The van der Waals surface area contributed by atoms with Crippen molar-refractivity contribution in [1.29, 1.82) is 0 Å². The minimum absolute atomic E-state index is 0.0620. The van der Waals surface area contributed by atoms with E-state index in [0.717, 1.165) is 34.9 Å². The van der Waals surface area contributed by atoms with Crippen molar-refractivity contribution in [3.63, 3.8) is 0 Å². The molecule has 6 heteroatoms. The summed E-state index contributed by atoms with van der Waals surface area (Å²) in [6, 6.07) is 3.81. The van der Waals surface area contributed by atoms with Crippen molar-refractivity contribution in [2.24, 2.45) is 0 Å². The van der Waals surface area contributed by atoms with Crippen molar-refractivity contribution in [1.82, 2.24) is 15.5 Å². The molecule has 0 aliphatic heterocycles. The number of rotatable bonds is 7. The lowest BCUT2D eigenvalue weighted by atomic mass is 10.1. The van der Waals surface area contributed by atoms with Gasteiger partial charge in [-0.1, -0.05) is 19.0 Å². The number of aromatic nitrogens is 2. The fourth-order valence-electron chi connectivity index (χ4n) is 2.28. The summed E-state index contributed by atoms with van der Waals surface area (Å²) < 4.78 is 5.18. The number of pyridine rings is 1. The van der Waals surface area contributed by atoms with Gasteiger partial charge in [-0.05, 0) is 38.8 Å². The van der Waals surface area contributed by atoms with Crippen molar-refractivity contribution in [2.75, 3.05) is 0 Å². The number of carbonyl (C=O) groups is 1. The highest BCUT2D eigenvalue weighted by Crippen LogP contribution is 2.27. The molecule has 5 nitrogen and oxygen atoms in total. The van der Waals surface area contributed by atoms with Crippen molar-refractivity contribution in [3.8, 4) is 0 Å². The molecule has 0 aliphatic rings. The van der Waals surface area contributed by atoms with Gasteiger partial charge in [-0.3, -0.25) is 4.79 Å². The van der Waals surface area contributed by atoms with Gasteiger partial charge in [0.1, 0.15) is 10.8 Å². The third-order valence-electron chi connectivity index (χ3n) is 3.87. The van der Waals surface area contributed by atoms with E-state index in [9.17, 15) is 4.79 Å². The molecule has 0 spiro atoms. The van der Waals surface area contributed by atoms with Crippen LogP contribution in [-0.2, 0) is 5.75 Å². The first-order valence-corrected chi connectivity index (χ1v) is 8.85. The van der Waals surface area contributed by atoms with Gasteiger partial charge in [0.15, 0.2) is 0 Å². The molecule has 1 N–H and O–H groups in total. The van der Waals surface area contributed by atoms with Crippen LogP contribution in [0.4, 0.5) is 0 Å². The van der Waals surface area contributed by atoms with E-state index in [2.05, 4.69) is 29.3 Å². The second-order valence-electron chi connectivity index (χ2n) is 5.43. The van der Waals surface area contributed by atoms with Crippen molar-refractivity contribution in [2.45, 2.75) is 57.4 Å². The summed E-state index contributed by atoms with van der Waals surface area (Å²) in [7, 11) is 0. The predicted octanol–water partition coefficient (Wildman–Crippen LogP) is 3.90. The number of amides is 1. The van der Waals surface area contributed by atoms with E-state index in [1.807, 2.05) is 19.9 Å². The lowest BCUT2D eigenvalue weighted by Crippen LogP contribution is -2.34. The summed E-state index contributed by atoms with van der Waals surface area (Å²) in [6.45, 7) is 7.97. The molecule has 0 unspecified atom stereocenters. The molecule has 23 heavy (non-hydrogen) atoms. The first kappa shape index (κ1) is 17.5. The number of hydrogen-bond acceptors (Lipinski definition) is 5. The van der Waals surface area contributed by atoms with Crippen LogP contribution >= 0.6 is 11.8 Å². The molecule has 2 heterocycles. The molecule has 0 saturated carbocycles. The lowest BCUT2D eigenvalue weighted by molar-refractivity contribution is 0.0931. The maximum Gasteiger partial charge on any atom is 0.254 e. The van der Waals surface area contributed by atoms with Crippen molar-refractivity contribution >= 4 is 17.7 Å². The van der Waals surface area contributed by atoms with E-state index in [-0.39, 0.29) is 11.9 Å². The highest BCUT2D eigenvalue weighted by molar-refractivity contribution is 7.98. The summed E-state index contributed by atoms with van der Waals surface area (Å²) in [5.41, 5.74) is 2.57. The zero-order valence-corrected chi connectivity index (χ0v) is 14.9. The van der Waals surface area contributed by atoms with Crippen LogP contribution in [0.5, 0.6) is 0 Å². The Labute approximate surface area is 141 Å². The maximum atomic E-state index is 12.5.